The number of Topliss-reactive ketones (excluding diaryl/α,β-unsaturated/α-hetero) is 1. The van der Waals surface area contributed by atoms with Gasteiger partial charge in [-0.2, -0.15) is 0 Å². The summed E-state index contributed by atoms with van der Waals surface area (Å²) in [5.74, 6) is -0.179. The highest BCUT2D eigenvalue weighted by Crippen LogP contribution is 2.56. The van der Waals surface area contributed by atoms with Crippen molar-refractivity contribution in [2.75, 3.05) is 0 Å². The highest BCUT2D eigenvalue weighted by Gasteiger charge is 2.53. The number of hydrogen-bond donors (Lipinski definition) is 3. The molecule has 1 saturated carbocycles. The van der Waals surface area contributed by atoms with Crippen molar-refractivity contribution in [2.45, 2.75) is 59.1 Å². The number of aliphatic hydroxyl groups excluding tert-OH is 2. The molecule has 0 spiro atoms. The van der Waals surface area contributed by atoms with Crippen LogP contribution in [0.2, 0.25) is 0 Å². The Balaban J connectivity index is 2.11. The van der Waals surface area contributed by atoms with Gasteiger partial charge in [0.15, 0.2) is 5.78 Å². The van der Waals surface area contributed by atoms with Gasteiger partial charge in [-0.1, -0.05) is 44.6 Å². The van der Waals surface area contributed by atoms with E-state index in [4.69, 9.17) is 0 Å². The molecule has 0 aromatic rings. The highest BCUT2D eigenvalue weighted by atomic mass is 16.3. The molecule has 148 valence electrons. The van der Waals surface area contributed by atoms with Crippen LogP contribution in [0.25, 0.3) is 0 Å². The standard InChI is InChI=1S/C22H31NO4/c1-5-6-15-9-8-14-11-12(2)7-10-16(14)22(15,4)20(26)17-19(25)18(13(3)24)23-21(17)27/h5-6,8-9,12-16,18,24,26H,7,10-11H2,1-4H3,(H,23,27)/b6-5+,20-17+/t12-,13-,14-,15-,16-,18+,22-/m1/s1. The van der Waals surface area contributed by atoms with Crippen LogP contribution in [-0.4, -0.2) is 34.0 Å². The lowest BCUT2D eigenvalue weighted by Gasteiger charge is -2.50. The minimum Gasteiger partial charge on any atom is -0.511 e. The van der Waals surface area contributed by atoms with Crippen LogP contribution in [0.1, 0.15) is 47.0 Å². The molecule has 3 rings (SSSR count). The summed E-state index contributed by atoms with van der Waals surface area (Å²) in [6.45, 7) is 7.63. The Kier molecular flexibility index (Phi) is 5.35. The molecule has 0 bridgehead atoms. The van der Waals surface area contributed by atoms with Gasteiger partial charge in [0.2, 0.25) is 0 Å². The molecule has 5 nitrogen and oxygen atoms in total. The second kappa shape index (κ2) is 7.27. The quantitative estimate of drug-likeness (QED) is 0.307. The van der Waals surface area contributed by atoms with Crippen molar-refractivity contribution < 1.29 is 19.8 Å². The summed E-state index contributed by atoms with van der Waals surface area (Å²) < 4.78 is 0. The lowest BCUT2D eigenvalue weighted by molar-refractivity contribution is -0.118. The maximum atomic E-state index is 12.8. The van der Waals surface area contributed by atoms with Gasteiger partial charge in [0.05, 0.1) is 6.10 Å². The molecule has 0 radical (unpaired) electrons. The van der Waals surface area contributed by atoms with Gasteiger partial charge in [-0.3, -0.25) is 9.59 Å². The zero-order chi connectivity index (χ0) is 19.9. The van der Waals surface area contributed by atoms with E-state index >= 15 is 0 Å². The number of carbonyl (C=O) groups is 2. The number of allylic oxidation sites excluding steroid dienone is 5. The summed E-state index contributed by atoms with van der Waals surface area (Å²) in [4.78, 5) is 25.3. The highest BCUT2D eigenvalue weighted by molar-refractivity contribution is 6.27. The Morgan fingerprint density at radius 1 is 1.33 bits per heavy atom. The number of nitrogens with one attached hydrogen (secondary N) is 1. The fourth-order valence-corrected chi connectivity index (χ4v) is 5.28. The summed E-state index contributed by atoms with van der Waals surface area (Å²) >= 11 is 0. The van der Waals surface area contributed by atoms with Crippen molar-refractivity contribution >= 4 is 11.7 Å². The third-order valence-electron chi connectivity index (χ3n) is 6.86. The van der Waals surface area contributed by atoms with E-state index in [0.29, 0.717) is 11.8 Å². The molecular weight excluding hydrogens is 342 g/mol. The number of carbonyl (C=O) groups excluding carboxylic acids is 2. The monoisotopic (exact) mass is 373 g/mol. The molecule has 1 amide bonds. The van der Waals surface area contributed by atoms with Crippen LogP contribution in [-0.2, 0) is 9.59 Å². The third-order valence-corrected chi connectivity index (χ3v) is 6.86. The molecule has 7 atom stereocenters. The number of rotatable bonds is 3. The average molecular weight is 373 g/mol. The fourth-order valence-electron chi connectivity index (χ4n) is 5.28. The molecule has 5 heteroatoms. The van der Waals surface area contributed by atoms with E-state index in [9.17, 15) is 19.8 Å². The second-order valence-electron chi connectivity index (χ2n) is 8.69. The molecule has 1 aliphatic heterocycles. The van der Waals surface area contributed by atoms with E-state index in [0.717, 1.165) is 19.3 Å². The lowest BCUT2D eigenvalue weighted by Crippen LogP contribution is -2.45. The molecule has 1 heterocycles. The number of fused-ring (bicyclic) bond motifs is 1. The zero-order valence-electron chi connectivity index (χ0n) is 16.6. The SMILES string of the molecule is C/C=C/[C@@H]1C=C[C@@H]2C[C@H](C)CC[C@H]2[C@]1(C)/C(O)=C1\C(=O)N[C@@H]([C@@H](C)O)C1=O. The molecule has 2 fully saturated rings. The fraction of sp³-hybridized carbons (Fsp3) is 0.636. The van der Waals surface area contributed by atoms with Crippen molar-refractivity contribution in [3.8, 4) is 0 Å². The van der Waals surface area contributed by atoms with Crippen LogP contribution in [0.4, 0.5) is 0 Å². The Morgan fingerprint density at radius 3 is 2.63 bits per heavy atom. The summed E-state index contributed by atoms with van der Waals surface area (Å²) in [5, 5.41) is 23.7. The van der Waals surface area contributed by atoms with Crippen LogP contribution >= 0.6 is 0 Å². The first kappa shape index (κ1) is 19.9. The lowest BCUT2D eigenvalue weighted by atomic mass is 9.54. The molecule has 3 N–H and O–H groups in total. The average Bonchev–Trinajstić information content (AvgIpc) is 2.91. The van der Waals surface area contributed by atoms with Gasteiger partial charge in [-0.05, 0) is 44.4 Å². The third kappa shape index (κ3) is 3.16. The zero-order valence-corrected chi connectivity index (χ0v) is 16.6. The smallest absolute Gasteiger partial charge is 0.259 e. The summed E-state index contributed by atoms with van der Waals surface area (Å²) in [6.07, 6.45) is 10.4. The van der Waals surface area contributed by atoms with Gasteiger partial charge >= 0.3 is 0 Å². The van der Waals surface area contributed by atoms with Gasteiger partial charge in [0.1, 0.15) is 17.4 Å². The number of aliphatic hydroxyl groups is 2. The first-order chi connectivity index (χ1) is 12.7. The van der Waals surface area contributed by atoms with Gasteiger partial charge in [-0.25, -0.2) is 0 Å². The first-order valence-corrected chi connectivity index (χ1v) is 9.99. The van der Waals surface area contributed by atoms with E-state index in [-0.39, 0.29) is 23.2 Å². The molecular formula is C22H31NO4. The van der Waals surface area contributed by atoms with Crippen LogP contribution < -0.4 is 5.32 Å². The summed E-state index contributed by atoms with van der Waals surface area (Å²) in [5.41, 5.74) is -0.896. The molecule has 3 aliphatic rings. The topological polar surface area (TPSA) is 86.6 Å². The van der Waals surface area contributed by atoms with E-state index in [2.05, 4.69) is 24.4 Å². The second-order valence-corrected chi connectivity index (χ2v) is 8.69. The number of amides is 1. The Labute approximate surface area is 161 Å². The molecule has 2 aliphatic carbocycles. The first-order valence-electron chi connectivity index (χ1n) is 9.99. The maximum Gasteiger partial charge on any atom is 0.259 e. The molecule has 0 unspecified atom stereocenters. The van der Waals surface area contributed by atoms with E-state index in [1.165, 1.54) is 6.92 Å². The molecule has 1 saturated heterocycles. The Bertz CT molecular complexity index is 720. The van der Waals surface area contributed by atoms with Gasteiger partial charge in [-0.15, -0.1) is 0 Å². The van der Waals surface area contributed by atoms with Crippen molar-refractivity contribution in [1.29, 1.82) is 0 Å². The predicted molar refractivity (Wildman–Crippen MR) is 104 cm³/mol. The molecule has 27 heavy (non-hydrogen) atoms. The Hall–Kier alpha value is -1.88. The normalized spacial score (nSPS) is 42.2. The van der Waals surface area contributed by atoms with E-state index < -0.39 is 29.3 Å². The number of hydrogen-bond acceptors (Lipinski definition) is 4. The van der Waals surface area contributed by atoms with Gasteiger partial charge in [0, 0.05) is 11.3 Å². The number of ketones is 1. The van der Waals surface area contributed by atoms with Crippen LogP contribution in [0, 0.1) is 29.1 Å². The summed E-state index contributed by atoms with van der Waals surface area (Å²) in [6, 6.07) is -0.986. The largest absolute Gasteiger partial charge is 0.511 e. The van der Waals surface area contributed by atoms with Gasteiger partial charge in [0.25, 0.3) is 5.91 Å². The summed E-state index contributed by atoms with van der Waals surface area (Å²) in [7, 11) is 0. The van der Waals surface area contributed by atoms with Crippen molar-refractivity contribution in [1.82, 2.24) is 5.32 Å². The van der Waals surface area contributed by atoms with Crippen molar-refractivity contribution in [3.63, 3.8) is 0 Å². The van der Waals surface area contributed by atoms with E-state index in [1.54, 1.807) is 0 Å². The van der Waals surface area contributed by atoms with Crippen molar-refractivity contribution in [3.05, 3.63) is 35.6 Å². The minimum atomic E-state index is -1.000. The minimum absolute atomic E-state index is 0.0872. The van der Waals surface area contributed by atoms with E-state index in [1.807, 2.05) is 26.0 Å². The van der Waals surface area contributed by atoms with Gasteiger partial charge < -0.3 is 15.5 Å². The predicted octanol–water partition coefficient (Wildman–Crippen LogP) is 3.07. The van der Waals surface area contributed by atoms with Crippen LogP contribution in [0.3, 0.4) is 0 Å². The Morgan fingerprint density at radius 2 is 2.04 bits per heavy atom. The van der Waals surface area contributed by atoms with Crippen molar-refractivity contribution in [2.24, 2.45) is 29.1 Å². The van der Waals surface area contributed by atoms with Crippen LogP contribution in [0.15, 0.2) is 35.6 Å². The maximum absolute atomic E-state index is 12.8. The molecule has 0 aromatic carbocycles. The van der Waals surface area contributed by atoms with Crippen LogP contribution in [0.5, 0.6) is 0 Å². The molecule has 0 aromatic heterocycles.